The highest BCUT2D eigenvalue weighted by Gasteiger charge is 2.40. The summed E-state index contributed by atoms with van der Waals surface area (Å²) in [5.41, 5.74) is 2.35. The number of aliphatic hydroxyl groups is 1. The van der Waals surface area contributed by atoms with Crippen molar-refractivity contribution < 1.29 is 14.7 Å². The molecular formula is C22H29N4O3. The normalized spacial score (nSPS) is 33.2. The molecule has 1 heterocycles. The van der Waals surface area contributed by atoms with E-state index >= 15 is 0 Å². The van der Waals surface area contributed by atoms with E-state index < -0.39 is 6.10 Å². The molecule has 0 aromatic heterocycles. The maximum Gasteiger partial charge on any atom is 0.227 e. The van der Waals surface area contributed by atoms with Gasteiger partial charge >= 0.3 is 0 Å². The van der Waals surface area contributed by atoms with Gasteiger partial charge in [-0.05, 0) is 42.9 Å². The monoisotopic (exact) mass is 397 g/mol. The highest BCUT2D eigenvalue weighted by atomic mass is 16.7. The van der Waals surface area contributed by atoms with Crippen LogP contribution in [0.25, 0.3) is 0 Å². The van der Waals surface area contributed by atoms with Crippen LogP contribution in [0.4, 0.5) is 0 Å². The Balaban J connectivity index is 1.52. The van der Waals surface area contributed by atoms with E-state index in [9.17, 15) is 9.90 Å². The number of benzene rings is 1. The summed E-state index contributed by atoms with van der Waals surface area (Å²) in [6.45, 7) is 3.98. The van der Waals surface area contributed by atoms with E-state index in [0.29, 0.717) is 19.3 Å². The van der Waals surface area contributed by atoms with Crippen molar-refractivity contribution in [1.82, 2.24) is 15.3 Å². The zero-order valence-corrected chi connectivity index (χ0v) is 16.9. The molecule has 2 N–H and O–H groups in total. The number of aliphatic hydroxyl groups excluding tert-OH is 1. The molecule has 1 aliphatic heterocycles. The number of carbonyl (C=O) groups excluding carboxylic acids is 1. The van der Waals surface area contributed by atoms with Gasteiger partial charge in [0.15, 0.2) is 0 Å². The van der Waals surface area contributed by atoms with Crippen molar-refractivity contribution in [2.75, 3.05) is 14.1 Å². The van der Waals surface area contributed by atoms with Crippen LogP contribution >= 0.6 is 0 Å². The minimum absolute atomic E-state index is 0.0208. The van der Waals surface area contributed by atoms with Crippen molar-refractivity contribution in [3.8, 4) is 0 Å². The van der Waals surface area contributed by atoms with Crippen molar-refractivity contribution in [3.63, 3.8) is 0 Å². The standard InChI is InChI=1S/C22H29N4O3/c1-14-10-16(12-19(14)27)29-26-13-23-9-8-20(26)24-21-17-7-5-4-6-15(17)11-18(21)22(28)25(2)3/h4-9,13-14,16,18-21,24,27H,1,10-12H2,2-3H3/t14-,16+,18-,19-,20?,21+/m1/s1. The zero-order chi connectivity index (χ0) is 20.5. The summed E-state index contributed by atoms with van der Waals surface area (Å²) in [6, 6.07) is 8.08. The highest BCUT2D eigenvalue weighted by molar-refractivity contribution is 5.81. The Labute approximate surface area is 172 Å². The van der Waals surface area contributed by atoms with Crippen LogP contribution in [0.3, 0.4) is 0 Å². The first-order chi connectivity index (χ1) is 13.9. The number of nitrogens with one attached hydrogen (secondary N) is 1. The van der Waals surface area contributed by atoms with E-state index in [4.69, 9.17) is 4.84 Å². The molecular weight excluding hydrogens is 368 g/mol. The molecule has 1 radical (unpaired) electrons. The van der Waals surface area contributed by atoms with Crippen LogP contribution in [-0.2, 0) is 16.1 Å². The lowest BCUT2D eigenvalue weighted by atomic mass is 9.98. The Bertz CT molecular complexity index is 799. The van der Waals surface area contributed by atoms with Gasteiger partial charge in [0.1, 0.15) is 12.5 Å². The maximum absolute atomic E-state index is 12.9. The van der Waals surface area contributed by atoms with Crippen molar-refractivity contribution in [3.05, 3.63) is 54.6 Å². The second-order valence-electron chi connectivity index (χ2n) is 8.32. The minimum Gasteiger partial charge on any atom is -0.393 e. The van der Waals surface area contributed by atoms with Crippen molar-refractivity contribution in [1.29, 1.82) is 0 Å². The Kier molecular flexibility index (Phi) is 5.72. The van der Waals surface area contributed by atoms with Crippen LogP contribution in [0.2, 0.25) is 0 Å². The largest absolute Gasteiger partial charge is 0.393 e. The molecule has 1 unspecified atom stereocenters. The second kappa shape index (κ2) is 8.26. The van der Waals surface area contributed by atoms with Gasteiger partial charge in [0, 0.05) is 32.8 Å². The number of carbonyl (C=O) groups is 1. The van der Waals surface area contributed by atoms with Crippen molar-refractivity contribution in [2.24, 2.45) is 16.8 Å². The van der Waals surface area contributed by atoms with Crippen LogP contribution in [0.1, 0.15) is 30.0 Å². The van der Waals surface area contributed by atoms with Crippen molar-refractivity contribution >= 4 is 12.2 Å². The molecule has 1 aromatic carbocycles. The van der Waals surface area contributed by atoms with E-state index in [1.807, 2.05) is 18.2 Å². The van der Waals surface area contributed by atoms with E-state index in [2.05, 4.69) is 29.4 Å². The fourth-order valence-electron chi connectivity index (χ4n) is 4.47. The Morgan fingerprint density at radius 3 is 2.86 bits per heavy atom. The lowest BCUT2D eigenvalue weighted by Crippen LogP contribution is -2.49. The third-order valence-electron chi connectivity index (χ3n) is 6.03. The molecule has 1 saturated carbocycles. The fourth-order valence-corrected chi connectivity index (χ4v) is 4.47. The molecule has 1 amide bonds. The van der Waals surface area contributed by atoms with Gasteiger partial charge in [0.2, 0.25) is 5.91 Å². The van der Waals surface area contributed by atoms with E-state index in [1.54, 1.807) is 36.6 Å². The Morgan fingerprint density at radius 1 is 1.34 bits per heavy atom. The topological polar surface area (TPSA) is 77.4 Å². The third-order valence-corrected chi connectivity index (χ3v) is 6.03. The average molecular weight is 397 g/mol. The van der Waals surface area contributed by atoms with Crippen LogP contribution in [0.15, 0.2) is 41.5 Å². The molecule has 1 fully saturated rings. The van der Waals surface area contributed by atoms with E-state index in [-0.39, 0.29) is 36.1 Å². The molecule has 0 saturated heterocycles. The van der Waals surface area contributed by atoms with Gasteiger partial charge in [-0.25, -0.2) is 10.1 Å². The quantitative estimate of drug-likeness (QED) is 0.790. The highest BCUT2D eigenvalue weighted by Crippen LogP contribution is 2.38. The van der Waals surface area contributed by atoms with E-state index in [1.165, 1.54) is 5.56 Å². The fraction of sp³-hybridized carbons (Fsp3) is 0.500. The predicted octanol–water partition coefficient (Wildman–Crippen LogP) is 1.67. The maximum atomic E-state index is 12.9. The summed E-state index contributed by atoms with van der Waals surface area (Å²) in [7, 11) is 3.59. The van der Waals surface area contributed by atoms with Crippen LogP contribution < -0.4 is 5.32 Å². The number of hydroxylamine groups is 2. The number of fused-ring (bicyclic) bond motifs is 1. The smallest absolute Gasteiger partial charge is 0.227 e. The SMILES string of the molecule is [CH2][C@@H]1C[C@H](ON2C=NC=CC2N[C@H]2c3ccccc3C[C@H]2C(=O)N(C)C)C[C@H]1O. The Morgan fingerprint density at radius 2 is 2.14 bits per heavy atom. The Hall–Kier alpha value is -2.22. The van der Waals surface area contributed by atoms with Gasteiger partial charge in [0.25, 0.3) is 0 Å². The molecule has 155 valence electrons. The summed E-state index contributed by atoms with van der Waals surface area (Å²) >= 11 is 0. The van der Waals surface area contributed by atoms with Gasteiger partial charge in [-0.2, -0.15) is 0 Å². The third kappa shape index (κ3) is 4.08. The molecule has 2 aliphatic carbocycles. The molecule has 7 nitrogen and oxygen atoms in total. The molecule has 0 spiro atoms. The van der Waals surface area contributed by atoms with Gasteiger partial charge in [-0.1, -0.05) is 24.3 Å². The zero-order valence-electron chi connectivity index (χ0n) is 16.9. The summed E-state index contributed by atoms with van der Waals surface area (Å²) < 4.78 is 0. The van der Waals surface area contributed by atoms with Crippen molar-refractivity contribution in [2.45, 2.75) is 43.7 Å². The summed E-state index contributed by atoms with van der Waals surface area (Å²) in [6.07, 6.45) is 6.47. The summed E-state index contributed by atoms with van der Waals surface area (Å²) in [5, 5.41) is 15.3. The van der Waals surface area contributed by atoms with E-state index in [0.717, 1.165) is 5.56 Å². The molecule has 0 bridgehead atoms. The van der Waals surface area contributed by atoms with Gasteiger partial charge < -0.3 is 10.0 Å². The van der Waals surface area contributed by atoms with Gasteiger partial charge in [-0.15, -0.1) is 0 Å². The second-order valence-corrected chi connectivity index (χ2v) is 8.32. The van der Waals surface area contributed by atoms with Gasteiger partial charge in [0.05, 0.1) is 18.1 Å². The first kappa shape index (κ1) is 20.1. The lowest BCUT2D eigenvalue weighted by molar-refractivity contribution is -0.165. The first-order valence-electron chi connectivity index (χ1n) is 10.1. The number of rotatable bonds is 5. The molecule has 4 rings (SSSR count). The predicted molar refractivity (Wildman–Crippen MR) is 110 cm³/mol. The number of aliphatic imine (C=N–C) groups is 1. The number of hydrogen-bond donors (Lipinski definition) is 2. The summed E-state index contributed by atoms with van der Waals surface area (Å²) in [4.78, 5) is 24.8. The molecule has 29 heavy (non-hydrogen) atoms. The van der Waals surface area contributed by atoms with Crippen LogP contribution in [-0.4, -0.2) is 59.8 Å². The van der Waals surface area contributed by atoms with Crippen LogP contribution in [0.5, 0.6) is 0 Å². The first-order valence-corrected chi connectivity index (χ1v) is 10.1. The van der Waals surface area contributed by atoms with Gasteiger partial charge in [-0.3, -0.25) is 14.9 Å². The molecule has 6 atom stereocenters. The number of hydrogen-bond acceptors (Lipinski definition) is 6. The number of amides is 1. The average Bonchev–Trinajstić information content (AvgIpc) is 3.22. The number of nitrogens with zero attached hydrogens (tertiary/aromatic N) is 3. The minimum atomic E-state index is -0.438. The molecule has 7 heteroatoms. The van der Waals surface area contributed by atoms with Crippen LogP contribution in [0, 0.1) is 18.8 Å². The lowest BCUT2D eigenvalue weighted by Gasteiger charge is -2.35. The molecule has 3 aliphatic rings. The molecule has 1 aromatic rings. The summed E-state index contributed by atoms with van der Waals surface area (Å²) in [5.74, 6) is -0.0834.